The van der Waals surface area contributed by atoms with E-state index in [-0.39, 0.29) is 55.7 Å². The summed E-state index contributed by atoms with van der Waals surface area (Å²) in [7, 11) is -14.9. The van der Waals surface area contributed by atoms with Crippen LogP contribution in [0.5, 0.6) is 5.88 Å². The van der Waals surface area contributed by atoms with Gasteiger partial charge in [-0.2, -0.15) is 36.9 Å². The molecule has 1 saturated heterocycles. The van der Waals surface area contributed by atoms with Crippen LogP contribution >= 0.6 is 31.9 Å². The average molecular weight is 1920 g/mol. The lowest BCUT2D eigenvalue weighted by Gasteiger charge is -2.32. The monoisotopic (exact) mass is 1920 g/mol. The molecule has 0 amide bonds. The number of aryl methyl sites for hydroxylation is 3. The minimum atomic E-state index is -5.75. The van der Waals surface area contributed by atoms with Crippen LogP contribution in [0.25, 0.3) is 123 Å². The first-order valence-corrected chi connectivity index (χ1v) is 44.5. The molecule has 0 spiro atoms. The fourth-order valence-corrected chi connectivity index (χ4v) is 18.0. The van der Waals surface area contributed by atoms with E-state index in [1.54, 1.807) is 116 Å². The van der Waals surface area contributed by atoms with Crippen LogP contribution in [-0.4, -0.2) is 121 Å². The molecule has 24 nitrogen and oxygen atoms in total. The van der Waals surface area contributed by atoms with Crippen LogP contribution in [0, 0.1) is 34.9 Å². The highest BCUT2D eigenvalue weighted by atomic mass is 79.9. The summed E-state index contributed by atoms with van der Waals surface area (Å²) >= 11 is 6.62. The highest BCUT2D eigenvalue weighted by Gasteiger charge is 2.52. The Hall–Kier alpha value is -12.8. The lowest BCUT2D eigenvalue weighted by molar-refractivity contribution is -0.0502. The second-order valence-corrected chi connectivity index (χ2v) is 36.3. The third-order valence-corrected chi connectivity index (χ3v) is 26.3. The van der Waals surface area contributed by atoms with E-state index in [0.29, 0.717) is 61.0 Å². The standard InChI is InChI=1S/C29H20BrF2N5O2S.C26H23BBrF2NO4S.C23H17F2N5.C10H9F3N4O3S/c1-2-36-27(16-24(35-36)25-17-33-12-13-34-25)18-6-11-26-19(14-18)15-28(29-22(31)4-3-5-23(29)32)37(26)40(38,39)21-9-7-20(30)8-10-21;1-25(2)26(3,4)35-27(34-25)17-8-13-22-16(14-17)15-23(24-20(29)6-5-7-21(24)30)31(22)36(32,33)19-11-9-18(28)10-12-19;1-2-30-22(12-19(29-30)21-13-26-8-9-27-21)14-6-7-18-15(10-14)11-20(28-18)23-16(24)4-3-5-17(23)25;1-2-17-9(20-21(18,19)10(11,12)13)5-7(16-17)8-6-14-3-4-15-8/h3-17H,2H2,1H3;5-15H,1-4H3;3-13,28H,2H2,1H3;3-6H,2H2,1H3. The number of benzene rings is 8. The summed E-state index contributed by atoms with van der Waals surface area (Å²) in [4.78, 5) is 27.6. The zero-order valence-electron chi connectivity index (χ0n) is 67.7. The van der Waals surface area contributed by atoms with Crippen molar-refractivity contribution in [3.8, 4) is 96.3 Å². The minimum Gasteiger partial charge on any atom is -0.399 e. The van der Waals surface area contributed by atoms with Gasteiger partial charge in [0.15, 0.2) is 0 Å². The number of fused-ring (bicyclic) bond motifs is 3. The summed E-state index contributed by atoms with van der Waals surface area (Å²) in [6, 6.07) is 48.6. The Morgan fingerprint density at radius 3 is 1.22 bits per heavy atom. The Balaban J connectivity index is 0.000000133. The predicted molar refractivity (Wildman–Crippen MR) is 468 cm³/mol. The summed E-state index contributed by atoms with van der Waals surface area (Å²) in [6.45, 7) is 14.7. The lowest BCUT2D eigenvalue weighted by atomic mass is 9.78. The normalized spacial score (nSPS) is 13.3. The highest BCUT2D eigenvalue weighted by molar-refractivity contribution is 9.10. The maximum atomic E-state index is 15.0. The second kappa shape index (κ2) is 35.6. The molecule has 1 aliphatic heterocycles. The first-order valence-electron chi connectivity index (χ1n) is 38.7. The van der Waals surface area contributed by atoms with Gasteiger partial charge in [-0.3, -0.25) is 39.3 Å². The summed E-state index contributed by atoms with van der Waals surface area (Å²) in [5.41, 5.74) is 1.15. The molecular formula is C88H69BBr2F9N15O9S3. The fourth-order valence-electron chi connectivity index (χ4n) is 13.9. The minimum absolute atomic E-state index is 0.0174. The molecule has 17 aromatic rings. The molecule has 648 valence electrons. The largest absolute Gasteiger partial charge is 0.534 e. The van der Waals surface area contributed by atoms with Crippen molar-refractivity contribution in [1.29, 1.82) is 0 Å². The van der Waals surface area contributed by atoms with Crippen molar-refractivity contribution in [3.05, 3.63) is 294 Å². The van der Waals surface area contributed by atoms with E-state index >= 15 is 8.78 Å². The molecule has 0 saturated carbocycles. The average Bonchev–Trinajstić information content (AvgIpc) is 1.59. The number of aromatic amines is 1. The number of rotatable bonds is 18. The van der Waals surface area contributed by atoms with Gasteiger partial charge in [0, 0.05) is 105 Å². The molecule has 0 radical (unpaired) electrons. The van der Waals surface area contributed by atoms with Crippen molar-refractivity contribution >= 4 is 107 Å². The number of nitrogens with zero attached hydrogens (tertiary/aromatic N) is 14. The molecule has 39 heteroatoms. The van der Waals surface area contributed by atoms with Crippen molar-refractivity contribution in [1.82, 2.24) is 72.2 Å². The van der Waals surface area contributed by atoms with Crippen LogP contribution in [0.2, 0.25) is 0 Å². The van der Waals surface area contributed by atoms with E-state index < -0.39 is 106 Å². The van der Waals surface area contributed by atoms with Gasteiger partial charge >= 0.3 is 22.7 Å². The summed E-state index contributed by atoms with van der Waals surface area (Å²) in [5.74, 6) is -5.21. The predicted octanol–water partition coefficient (Wildman–Crippen LogP) is 19.9. The van der Waals surface area contributed by atoms with Crippen molar-refractivity contribution < 1.29 is 78.3 Å². The Labute approximate surface area is 737 Å². The zero-order chi connectivity index (χ0) is 90.4. The number of halogens is 11. The molecular weight excluding hydrogens is 1850 g/mol. The molecule has 0 bridgehead atoms. The van der Waals surface area contributed by atoms with Gasteiger partial charge in [-0.15, -0.1) is 0 Å². The maximum Gasteiger partial charge on any atom is 0.534 e. The van der Waals surface area contributed by atoms with Crippen LogP contribution in [-0.2, 0) is 59.1 Å². The Morgan fingerprint density at radius 2 is 0.811 bits per heavy atom. The molecule has 1 fully saturated rings. The molecule has 18 rings (SSSR count). The quantitative estimate of drug-likeness (QED) is 0.0361. The van der Waals surface area contributed by atoms with Gasteiger partial charge < -0.3 is 18.5 Å². The fraction of sp³-hybridized carbons (Fsp3) is 0.148. The first kappa shape index (κ1) is 89.1. The molecule has 0 unspecified atom stereocenters. The van der Waals surface area contributed by atoms with Gasteiger partial charge in [-0.1, -0.05) is 74.3 Å². The van der Waals surface area contributed by atoms with Gasteiger partial charge in [0.05, 0.1) is 95.8 Å². The van der Waals surface area contributed by atoms with Gasteiger partial charge in [0.1, 0.15) is 69.1 Å². The Bertz CT molecular complexity index is 7300. The smallest absolute Gasteiger partial charge is 0.399 e. The molecule has 9 aromatic heterocycles. The molecule has 0 atom stereocenters. The van der Waals surface area contributed by atoms with E-state index in [4.69, 9.17) is 9.31 Å². The van der Waals surface area contributed by atoms with Crippen LogP contribution in [0.1, 0.15) is 48.5 Å². The van der Waals surface area contributed by atoms with Gasteiger partial charge in [0.2, 0.25) is 5.88 Å². The second-order valence-electron chi connectivity index (χ2n) is 29.4. The molecule has 127 heavy (non-hydrogen) atoms. The lowest BCUT2D eigenvalue weighted by Crippen LogP contribution is -2.41. The number of aromatic nitrogens is 15. The molecule has 1 N–H and O–H groups in total. The van der Waals surface area contributed by atoms with Crippen LogP contribution < -0.4 is 9.65 Å². The third-order valence-electron chi connectivity index (χ3n) is 20.8. The highest BCUT2D eigenvalue weighted by Crippen LogP contribution is 2.43. The first-order chi connectivity index (χ1) is 60.5. The van der Waals surface area contributed by atoms with Gasteiger partial charge in [-0.25, -0.2) is 55.8 Å². The van der Waals surface area contributed by atoms with E-state index in [1.807, 2.05) is 76.6 Å². The number of hydrogen-bond acceptors (Lipinski definition) is 18. The van der Waals surface area contributed by atoms with E-state index in [9.17, 15) is 56.0 Å². The van der Waals surface area contributed by atoms with Crippen molar-refractivity contribution in [2.45, 2.75) is 94.6 Å². The summed E-state index contributed by atoms with van der Waals surface area (Å²) in [5, 5.41) is 15.0. The van der Waals surface area contributed by atoms with E-state index in [1.165, 1.54) is 85.3 Å². The molecule has 1 aliphatic rings. The summed E-state index contributed by atoms with van der Waals surface area (Å²) < 4.78 is 227. The third kappa shape index (κ3) is 18.0. The number of hydrogen-bond donors (Lipinski definition) is 1. The zero-order valence-corrected chi connectivity index (χ0v) is 73.3. The number of H-pyrrole nitrogens is 1. The van der Waals surface area contributed by atoms with Crippen LogP contribution in [0.3, 0.4) is 0 Å². The number of nitrogens with one attached hydrogen (secondary N) is 1. The molecule has 10 heterocycles. The van der Waals surface area contributed by atoms with E-state index in [2.05, 4.69) is 86.2 Å². The molecule has 0 aliphatic carbocycles. The van der Waals surface area contributed by atoms with Crippen LogP contribution in [0.15, 0.2) is 269 Å². The Morgan fingerprint density at radius 1 is 0.425 bits per heavy atom. The van der Waals surface area contributed by atoms with Crippen molar-refractivity contribution in [2.24, 2.45) is 0 Å². The molecule has 8 aromatic carbocycles. The Kier molecular flexibility index (Phi) is 24.9. The number of alkyl halides is 3. The summed E-state index contributed by atoms with van der Waals surface area (Å²) in [6.07, 6.45) is 13.8. The van der Waals surface area contributed by atoms with Crippen LogP contribution in [0.4, 0.5) is 39.5 Å². The van der Waals surface area contributed by atoms with Crippen molar-refractivity contribution in [2.75, 3.05) is 0 Å². The van der Waals surface area contributed by atoms with E-state index in [0.717, 1.165) is 82.1 Å². The SMILES string of the molecule is CC1(C)OB(c2ccc3c(c2)cc(-c2c(F)cccc2F)n3S(=O)(=O)c2ccc(Br)cc2)OC1(C)C.CCn1nc(-c2cnccn2)cc1-c1ccc2[nH]c(-c3c(F)cccc3F)cc2c1.CCn1nc(-c2cnccn2)cc1-c1ccc2c(c1)cc(-c1c(F)cccc1F)n2S(=O)(=O)c1ccc(Br)cc1.CCn1nc(-c2cnccn2)cc1OS(=O)(=O)C(F)(F)F. The van der Waals surface area contributed by atoms with Gasteiger partial charge in [-0.05, 0) is 200 Å². The van der Waals surface area contributed by atoms with Crippen molar-refractivity contribution in [3.63, 3.8) is 0 Å². The van der Waals surface area contributed by atoms with Gasteiger partial charge in [0.25, 0.3) is 20.0 Å². The topological polar surface area (TPSA) is 287 Å². The maximum absolute atomic E-state index is 15.0.